The Morgan fingerprint density at radius 1 is 0.820 bits per heavy atom. The van der Waals surface area contributed by atoms with Crippen LogP contribution >= 0.6 is 0 Å². The summed E-state index contributed by atoms with van der Waals surface area (Å²) in [5, 5.41) is 7.10. The fraction of sp³-hybridized carbons (Fsp3) is 0.273. The van der Waals surface area contributed by atoms with E-state index >= 15 is 0 Å². The van der Waals surface area contributed by atoms with Crippen molar-refractivity contribution < 1.29 is 25.8 Å². The van der Waals surface area contributed by atoms with Gasteiger partial charge in [-0.25, -0.2) is 4.98 Å². The molecule has 1 unspecified atom stereocenters. The molecule has 0 spiro atoms. The molecule has 256 valence electrons. The van der Waals surface area contributed by atoms with Crippen LogP contribution in [0.3, 0.4) is 0 Å². The molecule has 0 radical (unpaired) electrons. The Kier molecular flexibility index (Phi) is 10.2. The van der Waals surface area contributed by atoms with E-state index in [1.807, 2.05) is 23.1 Å². The largest absolute Gasteiger partial charge is 2.00 e. The maximum Gasteiger partial charge on any atom is 2.00 e. The Morgan fingerprint density at radius 3 is 2.32 bits per heavy atom. The molecule has 4 aromatic carbocycles. The zero-order valence-electron chi connectivity index (χ0n) is 30.2. The van der Waals surface area contributed by atoms with Crippen LogP contribution in [0.25, 0.3) is 44.4 Å². The van der Waals surface area contributed by atoms with Gasteiger partial charge in [-0.2, -0.15) is 11.2 Å². The minimum absolute atomic E-state index is 0. The predicted molar refractivity (Wildman–Crippen MR) is 202 cm³/mol. The zero-order chi connectivity index (χ0) is 34.4. The van der Waals surface area contributed by atoms with Gasteiger partial charge in [-0.3, -0.25) is 4.68 Å². The van der Waals surface area contributed by atoms with Gasteiger partial charge in [0.1, 0.15) is 5.82 Å². The van der Waals surface area contributed by atoms with E-state index in [-0.39, 0.29) is 21.1 Å². The van der Waals surface area contributed by atoms with Crippen LogP contribution in [0.4, 0.5) is 0 Å². The van der Waals surface area contributed by atoms with Gasteiger partial charge in [-0.1, -0.05) is 63.9 Å². The van der Waals surface area contributed by atoms with Crippen molar-refractivity contribution >= 4 is 21.8 Å². The molecular formula is C44H44N4OPt. The molecule has 3 aromatic heterocycles. The number of fused-ring (bicyclic) bond motifs is 3. The molecule has 7 rings (SSSR count). The molecule has 50 heavy (non-hydrogen) atoms. The third-order valence-electron chi connectivity index (χ3n) is 9.98. The Labute approximate surface area is 310 Å². The molecule has 0 bridgehead atoms. The third-order valence-corrected chi connectivity index (χ3v) is 9.98. The second kappa shape index (κ2) is 14.4. The van der Waals surface area contributed by atoms with E-state index in [1.165, 1.54) is 38.9 Å². The van der Waals surface area contributed by atoms with E-state index in [9.17, 15) is 0 Å². The van der Waals surface area contributed by atoms with Crippen molar-refractivity contribution in [3.63, 3.8) is 0 Å². The Bertz CT molecular complexity index is 2300. The van der Waals surface area contributed by atoms with Crippen LogP contribution in [0.15, 0.2) is 85.3 Å². The third kappa shape index (κ3) is 6.68. The predicted octanol–water partition coefficient (Wildman–Crippen LogP) is 11.4. The van der Waals surface area contributed by atoms with Crippen LogP contribution in [0, 0.1) is 45.7 Å². The van der Waals surface area contributed by atoms with Crippen LogP contribution in [0.1, 0.15) is 73.4 Å². The first-order valence-corrected chi connectivity index (χ1v) is 17.4. The van der Waals surface area contributed by atoms with Gasteiger partial charge in [0.05, 0.1) is 6.20 Å². The monoisotopic (exact) mass is 839 g/mol. The van der Waals surface area contributed by atoms with E-state index in [1.54, 1.807) is 0 Å². The number of aromatic nitrogens is 4. The summed E-state index contributed by atoms with van der Waals surface area (Å²) in [6.07, 6.45) is 7.99. The first-order chi connectivity index (χ1) is 23.6. The van der Waals surface area contributed by atoms with Crippen LogP contribution < -0.4 is 4.74 Å². The molecule has 0 fully saturated rings. The molecule has 0 aliphatic heterocycles. The van der Waals surface area contributed by atoms with Crippen molar-refractivity contribution in [2.75, 3.05) is 0 Å². The minimum Gasteiger partial charge on any atom is -0.509 e. The number of benzene rings is 4. The SMILES string of the molecule is CCC(C)c1cc(Oc2[c-]c3c(cc2)c2ccccc2n3-c2cc(CC(C)C)ccn2)[c-]c(-n2cc(-c3c(C)c(C)cc(C)c3C)cn2)c1.[Pt+2]. The molecule has 3 heterocycles. The molecule has 7 aromatic rings. The topological polar surface area (TPSA) is 44.9 Å². The minimum atomic E-state index is 0. The molecule has 0 aliphatic rings. The van der Waals surface area contributed by atoms with Gasteiger partial charge in [-0.15, -0.1) is 41.3 Å². The average Bonchev–Trinajstić information content (AvgIpc) is 3.70. The smallest absolute Gasteiger partial charge is 0.509 e. The van der Waals surface area contributed by atoms with Crippen molar-refractivity contribution in [1.29, 1.82) is 0 Å². The normalized spacial score (nSPS) is 12.1. The number of para-hydroxylation sites is 1. The fourth-order valence-corrected chi connectivity index (χ4v) is 6.95. The van der Waals surface area contributed by atoms with Gasteiger partial charge >= 0.3 is 21.1 Å². The van der Waals surface area contributed by atoms with Crippen molar-refractivity contribution in [2.24, 2.45) is 5.92 Å². The quantitative estimate of drug-likeness (QED) is 0.136. The summed E-state index contributed by atoms with van der Waals surface area (Å²) >= 11 is 0. The second-order valence-electron chi connectivity index (χ2n) is 13.9. The summed E-state index contributed by atoms with van der Waals surface area (Å²) in [7, 11) is 0. The summed E-state index contributed by atoms with van der Waals surface area (Å²) in [6.45, 7) is 17.7. The molecule has 1 atom stereocenters. The number of rotatable bonds is 9. The van der Waals surface area contributed by atoms with Gasteiger partial charge in [0.15, 0.2) is 0 Å². The van der Waals surface area contributed by atoms with Crippen molar-refractivity contribution in [3.05, 3.63) is 131 Å². The van der Waals surface area contributed by atoms with Crippen LogP contribution in [0.2, 0.25) is 0 Å². The number of aryl methyl sites for hydroxylation is 2. The van der Waals surface area contributed by atoms with Gasteiger partial charge in [0.25, 0.3) is 0 Å². The molecule has 0 saturated carbocycles. The first kappa shape index (κ1) is 35.4. The van der Waals surface area contributed by atoms with E-state index in [0.717, 1.165) is 51.7 Å². The molecule has 0 aliphatic carbocycles. The summed E-state index contributed by atoms with van der Waals surface area (Å²) in [6, 6.07) is 30.6. The van der Waals surface area contributed by atoms with Crippen LogP contribution in [0.5, 0.6) is 11.5 Å². The standard InChI is InChI=1S/C44H44N4O.Pt/c1-9-28(4)34-21-36(47-26-35(25-46-47)44-31(7)29(5)19-30(6)32(44)8)23-38(22-34)49-37-14-15-40-39-12-10-11-13-41(39)48(42(40)24-37)43-20-33(16-17-45-43)18-27(2)3;/h10-17,19-22,25-28H,9,18H2,1-8H3;/q-2;+2. The summed E-state index contributed by atoms with van der Waals surface area (Å²) in [5.41, 5.74) is 12.8. The summed E-state index contributed by atoms with van der Waals surface area (Å²) in [5.74, 6) is 3.04. The van der Waals surface area contributed by atoms with Crippen molar-refractivity contribution in [2.45, 2.75) is 74.1 Å². The van der Waals surface area contributed by atoms with Crippen LogP contribution in [-0.2, 0) is 27.5 Å². The number of pyridine rings is 1. The van der Waals surface area contributed by atoms with Gasteiger partial charge in [-0.05, 0) is 109 Å². The molecule has 0 amide bonds. The maximum atomic E-state index is 6.62. The molecule has 0 saturated heterocycles. The fourth-order valence-electron chi connectivity index (χ4n) is 6.95. The van der Waals surface area contributed by atoms with E-state index in [2.05, 4.69) is 139 Å². The molecular weight excluding hydrogens is 796 g/mol. The Balaban J connectivity index is 0.00000432. The van der Waals surface area contributed by atoms with Crippen molar-refractivity contribution in [1.82, 2.24) is 19.3 Å². The molecule has 6 heteroatoms. The van der Waals surface area contributed by atoms with E-state index < -0.39 is 0 Å². The zero-order valence-corrected chi connectivity index (χ0v) is 32.4. The van der Waals surface area contributed by atoms with E-state index in [4.69, 9.17) is 14.8 Å². The summed E-state index contributed by atoms with van der Waals surface area (Å²) < 4.78 is 10.7. The summed E-state index contributed by atoms with van der Waals surface area (Å²) in [4.78, 5) is 4.82. The van der Waals surface area contributed by atoms with Crippen molar-refractivity contribution in [3.8, 4) is 34.1 Å². The molecule has 0 N–H and O–H groups in total. The Morgan fingerprint density at radius 2 is 1.58 bits per heavy atom. The number of hydrogen-bond donors (Lipinski definition) is 0. The van der Waals surface area contributed by atoms with Crippen LogP contribution in [-0.4, -0.2) is 19.3 Å². The van der Waals surface area contributed by atoms with Gasteiger partial charge in [0, 0.05) is 35.0 Å². The number of ether oxygens (including phenoxy) is 1. The van der Waals surface area contributed by atoms with Gasteiger partial charge in [0.2, 0.25) is 0 Å². The maximum absolute atomic E-state index is 6.62. The van der Waals surface area contributed by atoms with E-state index in [0.29, 0.717) is 23.3 Å². The number of nitrogens with zero attached hydrogens (tertiary/aromatic N) is 4. The number of hydrogen-bond acceptors (Lipinski definition) is 3. The Hall–Kier alpha value is -4.47. The van der Waals surface area contributed by atoms with Gasteiger partial charge < -0.3 is 9.30 Å². The molecule has 5 nitrogen and oxygen atoms in total. The average molecular weight is 840 g/mol. The second-order valence-corrected chi connectivity index (χ2v) is 13.9. The first-order valence-electron chi connectivity index (χ1n) is 17.4.